The van der Waals surface area contributed by atoms with Gasteiger partial charge in [0.15, 0.2) is 12.0 Å². The van der Waals surface area contributed by atoms with Crippen LogP contribution < -0.4 is 4.90 Å². The number of benzene rings is 1. The van der Waals surface area contributed by atoms with E-state index in [4.69, 9.17) is 4.42 Å². The molecule has 3 amide bonds. The molecule has 0 bridgehead atoms. The number of rotatable bonds is 3. The molecular formula is C17H14N2O4. The van der Waals surface area contributed by atoms with E-state index in [0.717, 1.165) is 12.8 Å². The highest BCUT2D eigenvalue weighted by Gasteiger charge is 2.47. The Morgan fingerprint density at radius 1 is 1.17 bits per heavy atom. The summed E-state index contributed by atoms with van der Waals surface area (Å²) in [5, 5.41) is 0. The topological polar surface area (TPSA) is 70.8 Å². The Morgan fingerprint density at radius 3 is 2.78 bits per heavy atom. The number of amides is 3. The Bertz CT molecular complexity index is 788. The van der Waals surface area contributed by atoms with Gasteiger partial charge in [0.05, 0.1) is 5.69 Å². The molecule has 2 saturated heterocycles. The first kappa shape index (κ1) is 13.8. The molecule has 2 aliphatic heterocycles. The number of fused-ring (bicyclic) bond motifs is 1. The molecule has 0 spiro atoms. The lowest BCUT2D eigenvalue weighted by atomic mass is 10.1. The summed E-state index contributed by atoms with van der Waals surface area (Å²) in [6, 6.07) is 9.71. The van der Waals surface area contributed by atoms with Crippen molar-refractivity contribution in [3.63, 3.8) is 0 Å². The van der Waals surface area contributed by atoms with E-state index in [1.165, 1.54) is 4.90 Å². The molecule has 116 valence electrons. The highest BCUT2D eigenvalue weighted by atomic mass is 16.3. The molecule has 0 N–H and O–H groups in total. The van der Waals surface area contributed by atoms with Gasteiger partial charge in [-0.3, -0.25) is 9.59 Å². The number of carbonyl (C=O) groups is 3. The lowest BCUT2D eigenvalue weighted by Crippen LogP contribution is -2.33. The third-order valence-electron chi connectivity index (χ3n) is 4.33. The second kappa shape index (κ2) is 5.08. The summed E-state index contributed by atoms with van der Waals surface area (Å²) < 4.78 is 5.40. The normalized spacial score (nSPS) is 20.3. The van der Waals surface area contributed by atoms with Crippen molar-refractivity contribution in [2.75, 3.05) is 11.4 Å². The molecule has 6 heteroatoms. The van der Waals surface area contributed by atoms with Gasteiger partial charge in [-0.05, 0) is 37.1 Å². The van der Waals surface area contributed by atoms with Crippen molar-refractivity contribution >= 4 is 23.9 Å². The lowest BCUT2D eigenvalue weighted by Gasteiger charge is -2.16. The van der Waals surface area contributed by atoms with Crippen LogP contribution in [0.15, 0.2) is 40.8 Å². The van der Waals surface area contributed by atoms with Crippen LogP contribution >= 0.6 is 0 Å². The Labute approximate surface area is 132 Å². The molecule has 2 aliphatic rings. The molecule has 0 radical (unpaired) electrons. The molecule has 1 aromatic heterocycles. The minimum absolute atomic E-state index is 0.169. The number of furan rings is 1. The Hall–Kier alpha value is -2.89. The van der Waals surface area contributed by atoms with E-state index in [9.17, 15) is 14.4 Å². The van der Waals surface area contributed by atoms with Crippen LogP contribution in [0.1, 0.15) is 23.4 Å². The van der Waals surface area contributed by atoms with Crippen molar-refractivity contribution in [3.05, 3.63) is 42.2 Å². The smallest absolute Gasteiger partial charge is 0.332 e. The number of urea groups is 1. The summed E-state index contributed by atoms with van der Waals surface area (Å²) in [5.41, 5.74) is 1.24. The molecule has 1 aromatic carbocycles. The first-order valence-corrected chi connectivity index (χ1v) is 7.49. The van der Waals surface area contributed by atoms with Gasteiger partial charge in [0.25, 0.3) is 5.91 Å². The minimum atomic E-state index is -0.323. The fraction of sp³-hybridized carbons (Fsp3) is 0.235. The SMILES string of the molecule is O=Cc1ccc(-c2cccc(N3C(=O)C4CCCN4C3=O)c2)o1. The Morgan fingerprint density at radius 2 is 2.04 bits per heavy atom. The fourth-order valence-electron chi connectivity index (χ4n) is 3.23. The summed E-state index contributed by atoms with van der Waals surface area (Å²) in [7, 11) is 0. The summed E-state index contributed by atoms with van der Waals surface area (Å²) in [6.45, 7) is 0.631. The predicted molar refractivity (Wildman–Crippen MR) is 82.1 cm³/mol. The molecule has 2 aromatic rings. The highest BCUT2D eigenvalue weighted by Crippen LogP contribution is 2.33. The lowest BCUT2D eigenvalue weighted by molar-refractivity contribution is -0.119. The van der Waals surface area contributed by atoms with E-state index < -0.39 is 0 Å². The second-order valence-electron chi connectivity index (χ2n) is 5.68. The molecule has 0 saturated carbocycles. The van der Waals surface area contributed by atoms with Crippen LogP contribution in [-0.2, 0) is 4.79 Å². The van der Waals surface area contributed by atoms with E-state index in [-0.39, 0.29) is 23.7 Å². The maximum atomic E-state index is 12.5. The van der Waals surface area contributed by atoms with Crippen LogP contribution in [0.2, 0.25) is 0 Å². The van der Waals surface area contributed by atoms with Crippen LogP contribution in [0.25, 0.3) is 11.3 Å². The number of nitrogens with zero attached hydrogens (tertiary/aromatic N) is 2. The maximum absolute atomic E-state index is 12.5. The van der Waals surface area contributed by atoms with Crippen LogP contribution in [-0.4, -0.2) is 35.7 Å². The molecule has 1 unspecified atom stereocenters. The number of aldehydes is 1. The number of hydrogen-bond donors (Lipinski definition) is 0. The number of anilines is 1. The average Bonchev–Trinajstić information content (AvgIpc) is 3.27. The van der Waals surface area contributed by atoms with Crippen LogP contribution in [0.4, 0.5) is 10.5 Å². The Kier molecular flexibility index (Phi) is 3.04. The average molecular weight is 310 g/mol. The molecule has 2 fully saturated rings. The van der Waals surface area contributed by atoms with Gasteiger partial charge in [-0.2, -0.15) is 0 Å². The van der Waals surface area contributed by atoms with E-state index in [1.807, 2.05) is 6.07 Å². The monoisotopic (exact) mass is 310 g/mol. The van der Waals surface area contributed by atoms with Crippen LogP contribution in [0, 0.1) is 0 Å². The van der Waals surface area contributed by atoms with Crippen molar-refractivity contribution in [2.45, 2.75) is 18.9 Å². The molecule has 23 heavy (non-hydrogen) atoms. The molecule has 4 rings (SSSR count). The first-order chi connectivity index (χ1) is 11.2. The fourth-order valence-corrected chi connectivity index (χ4v) is 3.23. The number of carbonyl (C=O) groups excluding carboxylic acids is 3. The number of imide groups is 1. The van der Waals surface area contributed by atoms with Gasteiger partial charge in [-0.25, -0.2) is 9.69 Å². The quantitative estimate of drug-likeness (QED) is 0.645. The summed E-state index contributed by atoms with van der Waals surface area (Å²) in [6.07, 6.45) is 2.23. The van der Waals surface area contributed by atoms with E-state index in [2.05, 4.69) is 0 Å². The molecule has 0 aliphatic carbocycles. The van der Waals surface area contributed by atoms with Crippen molar-refractivity contribution in [2.24, 2.45) is 0 Å². The molecule has 1 atom stereocenters. The largest absolute Gasteiger partial charge is 0.453 e. The van der Waals surface area contributed by atoms with Crippen molar-refractivity contribution < 1.29 is 18.8 Å². The van der Waals surface area contributed by atoms with Gasteiger partial charge >= 0.3 is 6.03 Å². The zero-order chi connectivity index (χ0) is 16.0. The van der Waals surface area contributed by atoms with Crippen LogP contribution in [0.3, 0.4) is 0 Å². The van der Waals surface area contributed by atoms with Crippen molar-refractivity contribution in [1.29, 1.82) is 0 Å². The third kappa shape index (κ3) is 2.06. The van der Waals surface area contributed by atoms with E-state index >= 15 is 0 Å². The van der Waals surface area contributed by atoms with E-state index in [0.29, 0.717) is 29.8 Å². The molecular weight excluding hydrogens is 296 g/mol. The summed E-state index contributed by atoms with van der Waals surface area (Å²) in [4.78, 5) is 38.5. The second-order valence-corrected chi connectivity index (χ2v) is 5.68. The van der Waals surface area contributed by atoms with Crippen LogP contribution in [0.5, 0.6) is 0 Å². The van der Waals surface area contributed by atoms with Crippen molar-refractivity contribution in [3.8, 4) is 11.3 Å². The molecule has 3 heterocycles. The van der Waals surface area contributed by atoms with Crippen molar-refractivity contribution in [1.82, 2.24) is 4.90 Å². The highest BCUT2D eigenvalue weighted by molar-refractivity contribution is 6.21. The summed E-state index contributed by atoms with van der Waals surface area (Å²) >= 11 is 0. The third-order valence-corrected chi connectivity index (χ3v) is 4.33. The van der Waals surface area contributed by atoms with E-state index in [1.54, 1.807) is 35.2 Å². The summed E-state index contributed by atoms with van der Waals surface area (Å²) in [5.74, 6) is 0.589. The van der Waals surface area contributed by atoms with Gasteiger partial charge in [-0.1, -0.05) is 12.1 Å². The predicted octanol–water partition coefficient (Wildman–Crippen LogP) is 2.69. The standard InChI is InChI=1S/C17H14N2O4/c20-10-13-6-7-15(23-13)11-3-1-4-12(9-11)19-16(21)14-5-2-8-18(14)17(19)22/h1,3-4,6-7,9-10,14H,2,5,8H2. The number of hydrogen-bond acceptors (Lipinski definition) is 4. The van der Waals surface area contributed by atoms with Gasteiger partial charge in [0.1, 0.15) is 11.8 Å². The zero-order valence-electron chi connectivity index (χ0n) is 12.3. The van der Waals surface area contributed by atoms with Gasteiger partial charge in [-0.15, -0.1) is 0 Å². The Balaban J connectivity index is 1.70. The van der Waals surface area contributed by atoms with Gasteiger partial charge in [0, 0.05) is 12.1 Å². The minimum Gasteiger partial charge on any atom is -0.453 e. The maximum Gasteiger partial charge on any atom is 0.332 e. The first-order valence-electron chi connectivity index (χ1n) is 7.49. The van der Waals surface area contributed by atoms with Gasteiger partial charge < -0.3 is 9.32 Å². The molecule has 6 nitrogen and oxygen atoms in total. The van der Waals surface area contributed by atoms with Gasteiger partial charge in [0.2, 0.25) is 0 Å². The zero-order valence-corrected chi connectivity index (χ0v) is 12.3.